The first-order valence-corrected chi connectivity index (χ1v) is 45.1. The number of aromatic hydroxyl groups is 5. The summed E-state index contributed by atoms with van der Waals surface area (Å²) in [5, 5.41) is 62.8. The van der Waals surface area contributed by atoms with Crippen LogP contribution in [-0.4, -0.2) is 72.3 Å². The maximum atomic E-state index is 9.98. The predicted molar refractivity (Wildman–Crippen MR) is 538 cm³/mol. The van der Waals surface area contributed by atoms with E-state index in [1.165, 1.54) is 112 Å². The predicted octanol–water partition coefficient (Wildman–Crippen LogP) is 29.4. The van der Waals surface area contributed by atoms with Gasteiger partial charge in [0.15, 0.2) is 0 Å². The number of phenolic OH excluding ortho intramolecular Hbond substituents is 5. The highest BCUT2D eigenvalue weighted by molar-refractivity contribution is 8.00. The Balaban J connectivity index is 0.000000108. The molecule has 1 saturated heterocycles. The molecule has 5 N–H and O–H groups in total. The third-order valence-corrected chi connectivity index (χ3v) is 27.6. The average molecular weight is 1770 g/mol. The minimum Gasteiger partial charge on any atom is -0.507 e. The quantitative estimate of drug-likeness (QED) is 0.0623. The van der Waals surface area contributed by atoms with Crippen molar-refractivity contribution in [2.75, 3.05) is 28.4 Å². The Morgan fingerprint density at radius 3 is 0.969 bits per heavy atom. The molecule has 0 aliphatic carbocycles. The highest BCUT2D eigenvalue weighted by atomic mass is 32.2. The van der Waals surface area contributed by atoms with Gasteiger partial charge in [-0.1, -0.05) is 290 Å². The maximum Gasteiger partial charge on any atom is 0.495 e. The molecular formula is C111H93BO11S5. The number of ether oxygens (including phenoxy) is 4. The largest absolute Gasteiger partial charge is 0.507 e. The molecular weight excluding hydrogens is 1680 g/mol. The number of phenols is 5. The Morgan fingerprint density at radius 2 is 0.531 bits per heavy atom. The van der Waals surface area contributed by atoms with Crippen LogP contribution in [0.5, 0.6) is 51.7 Å². The third-order valence-electron chi connectivity index (χ3n) is 23.3. The fourth-order valence-corrected chi connectivity index (χ4v) is 20.2. The molecule has 19 aromatic carbocycles. The Hall–Kier alpha value is -13.1. The van der Waals surface area contributed by atoms with Crippen LogP contribution in [0.3, 0.4) is 0 Å². The summed E-state index contributed by atoms with van der Waals surface area (Å²) in [4.78, 5) is 9.53. The number of hydrogen-bond acceptors (Lipinski definition) is 16. The van der Waals surface area contributed by atoms with Crippen LogP contribution in [0.2, 0.25) is 0 Å². The Labute approximate surface area is 769 Å². The Kier molecular flexibility index (Phi) is 27.0. The molecule has 0 saturated carbocycles. The smallest absolute Gasteiger partial charge is 0.495 e. The van der Waals surface area contributed by atoms with Crippen molar-refractivity contribution in [1.82, 2.24) is 0 Å². The van der Waals surface area contributed by atoms with Crippen molar-refractivity contribution in [2.45, 2.75) is 85.0 Å². The first-order valence-electron chi connectivity index (χ1n) is 41.7. The lowest BCUT2D eigenvalue weighted by Crippen LogP contribution is -2.41. The lowest BCUT2D eigenvalue weighted by atomic mass is 9.79. The van der Waals surface area contributed by atoms with Gasteiger partial charge in [-0.15, -0.1) is 25.3 Å². The zero-order valence-electron chi connectivity index (χ0n) is 71.9. The van der Waals surface area contributed by atoms with Crippen LogP contribution in [-0.2, 0) is 9.31 Å². The summed E-state index contributed by atoms with van der Waals surface area (Å²) in [5.41, 5.74) is 11.6. The van der Waals surface area contributed by atoms with E-state index in [4.69, 9.17) is 28.3 Å². The number of hydrogen-bond donors (Lipinski definition) is 7. The second-order valence-corrected chi connectivity index (χ2v) is 35.8. The lowest BCUT2D eigenvalue weighted by molar-refractivity contribution is 0.00578. The zero-order chi connectivity index (χ0) is 89.3. The number of aryl methyl sites for hydroxylation is 1. The van der Waals surface area contributed by atoms with Crippen molar-refractivity contribution < 1.29 is 53.8 Å². The molecule has 0 aromatic heterocycles. The summed E-state index contributed by atoms with van der Waals surface area (Å²) >= 11 is 14.4. The van der Waals surface area contributed by atoms with Crippen LogP contribution < -0.4 is 24.4 Å². The van der Waals surface area contributed by atoms with Gasteiger partial charge >= 0.3 is 7.12 Å². The maximum absolute atomic E-state index is 9.98. The average Bonchev–Trinajstić information content (AvgIpc) is 1.43. The summed E-state index contributed by atoms with van der Waals surface area (Å²) in [6.45, 7) is 10.3. The Bertz CT molecular complexity index is 7060. The molecule has 0 bridgehead atoms. The van der Waals surface area contributed by atoms with Crippen molar-refractivity contribution in [3.8, 4) is 96.3 Å². The molecule has 4 aliphatic heterocycles. The van der Waals surface area contributed by atoms with E-state index >= 15 is 0 Å². The van der Waals surface area contributed by atoms with Gasteiger partial charge in [0.25, 0.3) is 0 Å². The molecule has 1 fully saturated rings. The van der Waals surface area contributed by atoms with Crippen LogP contribution in [0.1, 0.15) is 33.3 Å². The van der Waals surface area contributed by atoms with Gasteiger partial charge in [-0.05, 0) is 204 Å². The number of methoxy groups -OCH3 is 4. The first kappa shape index (κ1) is 88.4. The fraction of sp³-hybridized carbons (Fsp3) is 0.0991. The van der Waals surface area contributed by atoms with E-state index in [2.05, 4.69) is 202 Å². The third kappa shape index (κ3) is 18.3. The molecule has 0 atom stereocenters. The Morgan fingerprint density at radius 1 is 0.242 bits per heavy atom. The molecule has 23 rings (SSSR count). The molecule has 0 unspecified atom stereocenters. The minimum absolute atomic E-state index is 0.198. The van der Waals surface area contributed by atoms with Crippen LogP contribution in [0.15, 0.2) is 397 Å². The van der Waals surface area contributed by atoms with Crippen molar-refractivity contribution in [3.05, 3.63) is 363 Å². The molecule has 636 valence electrons. The molecule has 4 heterocycles. The molecule has 128 heavy (non-hydrogen) atoms. The van der Waals surface area contributed by atoms with E-state index in [9.17, 15) is 25.5 Å². The van der Waals surface area contributed by atoms with Crippen LogP contribution in [0.25, 0.3) is 120 Å². The van der Waals surface area contributed by atoms with E-state index in [1.807, 2.05) is 167 Å². The van der Waals surface area contributed by atoms with E-state index in [0.29, 0.717) is 22.3 Å². The summed E-state index contributed by atoms with van der Waals surface area (Å²) in [6, 6.07) is 118. The molecule has 19 aromatic rings. The molecule has 0 radical (unpaired) electrons. The van der Waals surface area contributed by atoms with E-state index < -0.39 is 0 Å². The van der Waals surface area contributed by atoms with Gasteiger partial charge in [0.2, 0.25) is 0 Å². The van der Waals surface area contributed by atoms with E-state index in [1.54, 1.807) is 113 Å². The number of rotatable bonds is 6. The first-order chi connectivity index (χ1) is 62.2. The van der Waals surface area contributed by atoms with Crippen molar-refractivity contribution in [1.29, 1.82) is 0 Å². The highest BCUT2D eigenvalue weighted by Crippen LogP contribution is 2.53. The standard InChI is InChI=1S/C17H12OS.C17H14OS.2C16H10OS.C12H17BO2S.C12H12O.C11H10O2.C10H8O2/c1-18-14-9-10-16-17-12(6-4-7-13(14)17)11-5-2-3-8-15(11)19-16;1-18-16-10-5-8-12-13(7-4-9-14(12)16)15-6-2-3-11-17(15)19;2*17-13-8-9-15-16-11(5-3-6-12(13)16)10-4-1-2-7-14(10)18-15;1-11(2)12(3,4)15-13(14-11)9-7-5-6-8-10(9)16;1-9-5-3-7-11-10(9)6-4-8-12(11)13-2;1-13-11-7-3-4-8-9(11)5-2-6-10(8)12;11-9-5-1-3-7-8(9)4-2-6-10(7)12/h2-10H,1H3;2-11,19H,1H3;2*1-9,17H;5-8,16H,1-4H3;3-8H,1-2H3;2-7,12H,1H3;1-6,11-12H. The summed E-state index contributed by atoms with van der Waals surface area (Å²) in [7, 11) is 6.44. The number of benzene rings is 19. The van der Waals surface area contributed by atoms with Crippen molar-refractivity contribution in [3.63, 3.8) is 0 Å². The molecule has 17 heteroatoms. The van der Waals surface area contributed by atoms with Gasteiger partial charge in [0.1, 0.15) is 51.7 Å². The van der Waals surface area contributed by atoms with Crippen molar-refractivity contribution >= 4 is 149 Å². The van der Waals surface area contributed by atoms with Crippen LogP contribution >= 0.6 is 60.5 Å². The molecule has 4 aliphatic rings. The second kappa shape index (κ2) is 39.0. The van der Waals surface area contributed by atoms with Gasteiger partial charge in [0.05, 0.1) is 39.6 Å². The highest BCUT2D eigenvalue weighted by Gasteiger charge is 2.52. The summed E-state index contributed by atoms with van der Waals surface area (Å²) < 4.78 is 33.3. The van der Waals surface area contributed by atoms with E-state index in [-0.39, 0.29) is 35.6 Å². The van der Waals surface area contributed by atoms with Crippen LogP contribution in [0.4, 0.5) is 0 Å². The topological polar surface area (TPSA) is 157 Å². The molecule has 0 amide bonds. The monoisotopic (exact) mass is 1770 g/mol. The zero-order valence-corrected chi connectivity index (χ0v) is 76.2. The summed E-state index contributed by atoms with van der Waals surface area (Å²) in [5.74, 6) is 4.97. The van der Waals surface area contributed by atoms with Gasteiger partial charge in [-0.25, -0.2) is 0 Å². The normalized spacial score (nSPS) is 12.8. The fourth-order valence-electron chi connectivity index (χ4n) is 16.2. The van der Waals surface area contributed by atoms with E-state index in [0.717, 1.165) is 70.7 Å². The van der Waals surface area contributed by atoms with Gasteiger partial charge < -0.3 is 53.8 Å². The number of thiol groups is 2. The molecule has 0 spiro atoms. The number of fused-ring (bicyclic) bond motifs is 10. The lowest BCUT2D eigenvalue weighted by Gasteiger charge is -2.32. The SMILES string of the molecule is CC1(C)OB(c2ccccc2S)OC1(C)C.COc1ccc2c3c(cccc13)-c1ccccc1S2.COc1cccc2c(-c3ccccc3S)cccc12.COc1cccc2c(C)cccc12.COc1cccc2c(O)cccc12.Oc1ccc2c3c(cccc13)-c1ccccc1S2.Oc1ccc2c3c(cccc13)-c1ccccc1S2.Oc1cccc2c(O)cccc12. The summed E-state index contributed by atoms with van der Waals surface area (Å²) in [6.07, 6.45) is 0. The minimum atomic E-state index is -0.321. The van der Waals surface area contributed by atoms with Crippen molar-refractivity contribution in [2.24, 2.45) is 0 Å². The molecule has 11 nitrogen and oxygen atoms in total. The van der Waals surface area contributed by atoms with Gasteiger partial charge in [-0.2, -0.15) is 0 Å². The van der Waals surface area contributed by atoms with Gasteiger partial charge in [0, 0.05) is 104 Å². The van der Waals surface area contributed by atoms with Gasteiger partial charge in [-0.3, -0.25) is 0 Å². The van der Waals surface area contributed by atoms with Crippen LogP contribution in [0, 0.1) is 6.92 Å². The second-order valence-electron chi connectivity index (χ2n) is 31.5.